The Morgan fingerprint density at radius 1 is 1.26 bits per heavy atom. The third-order valence-corrected chi connectivity index (χ3v) is 6.39. The molecule has 2 aliphatic rings. The highest BCUT2D eigenvalue weighted by molar-refractivity contribution is 7.15. The molecule has 0 radical (unpaired) electrons. The molecular weight excluding hydrogens is 306 g/mol. The number of oxazole rings is 1. The normalized spacial score (nSPS) is 21.3. The maximum atomic E-state index is 5.92. The predicted octanol–water partition coefficient (Wildman–Crippen LogP) is 3.60. The molecule has 124 valence electrons. The molecule has 1 N–H and O–H groups in total. The molecule has 23 heavy (non-hydrogen) atoms. The molecule has 2 aliphatic heterocycles. The fourth-order valence-corrected chi connectivity index (χ4v) is 4.76. The lowest BCUT2D eigenvalue weighted by Crippen LogP contribution is -2.38. The molecule has 0 amide bonds. The number of hydrogen-bond acceptors (Lipinski definition) is 5. The van der Waals surface area contributed by atoms with Gasteiger partial charge in [-0.2, -0.15) is 0 Å². The first-order valence-electron chi connectivity index (χ1n) is 8.60. The van der Waals surface area contributed by atoms with Crippen molar-refractivity contribution in [3.63, 3.8) is 0 Å². The standard InChI is InChI=1S/C18H25N3OS/c1-13-3-4-16(23-13)17-20-15(14(2)22-17)11-21-10-7-18(12-21)5-8-19-9-6-18/h3-4,19H,5-12H2,1-2H3. The van der Waals surface area contributed by atoms with Crippen LogP contribution in [0.1, 0.15) is 35.6 Å². The van der Waals surface area contributed by atoms with Crippen LogP contribution < -0.4 is 5.32 Å². The lowest BCUT2D eigenvalue weighted by molar-refractivity contribution is 0.193. The van der Waals surface area contributed by atoms with Crippen molar-refractivity contribution >= 4 is 11.3 Å². The van der Waals surface area contributed by atoms with E-state index in [9.17, 15) is 0 Å². The van der Waals surface area contributed by atoms with E-state index in [2.05, 4.69) is 29.3 Å². The van der Waals surface area contributed by atoms with Gasteiger partial charge in [0.1, 0.15) is 5.76 Å². The van der Waals surface area contributed by atoms with Gasteiger partial charge >= 0.3 is 0 Å². The molecule has 0 aliphatic carbocycles. The Morgan fingerprint density at radius 3 is 2.83 bits per heavy atom. The van der Waals surface area contributed by atoms with Crippen LogP contribution >= 0.6 is 11.3 Å². The highest BCUT2D eigenvalue weighted by Gasteiger charge is 2.39. The number of likely N-dealkylation sites (tertiary alicyclic amines) is 1. The summed E-state index contributed by atoms with van der Waals surface area (Å²) in [6.07, 6.45) is 3.98. The SMILES string of the molecule is Cc1ccc(-c2nc(CN3CCC4(CCNCC4)C3)c(C)o2)s1. The van der Waals surface area contributed by atoms with E-state index < -0.39 is 0 Å². The molecule has 0 saturated carbocycles. The van der Waals surface area contributed by atoms with Gasteiger partial charge in [0.25, 0.3) is 0 Å². The Balaban J connectivity index is 1.46. The van der Waals surface area contributed by atoms with Gasteiger partial charge in [-0.3, -0.25) is 4.90 Å². The molecule has 1 spiro atoms. The molecule has 4 nitrogen and oxygen atoms in total. The third-order valence-electron chi connectivity index (χ3n) is 5.40. The lowest BCUT2D eigenvalue weighted by atomic mass is 9.78. The van der Waals surface area contributed by atoms with E-state index in [1.165, 1.54) is 50.3 Å². The summed E-state index contributed by atoms with van der Waals surface area (Å²) in [5, 5.41) is 3.49. The summed E-state index contributed by atoms with van der Waals surface area (Å²) in [5.41, 5.74) is 1.66. The molecule has 0 atom stereocenters. The predicted molar refractivity (Wildman–Crippen MR) is 93.7 cm³/mol. The number of hydrogen-bond donors (Lipinski definition) is 1. The Labute approximate surface area is 141 Å². The summed E-state index contributed by atoms with van der Waals surface area (Å²) in [6.45, 7) is 9.86. The van der Waals surface area contributed by atoms with Gasteiger partial charge in [0.15, 0.2) is 0 Å². The van der Waals surface area contributed by atoms with Crippen LogP contribution in [0.15, 0.2) is 16.5 Å². The van der Waals surface area contributed by atoms with E-state index in [-0.39, 0.29) is 0 Å². The Hall–Kier alpha value is -1.17. The Bertz CT molecular complexity index is 684. The smallest absolute Gasteiger partial charge is 0.236 e. The summed E-state index contributed by atoms with van der Waals surface area (Å²) in [6, 6.07) is 4.23. The van der Waals surface area contributed by atoms with Crippen molar-refractivity contribution in [1.29, 1.82) is 0 Å². The first kappa shape index (κ1) is 15.4. The molecule has 0 aromatic carbocycles. The highest BCUT2D eigenvalue weighted by atomic mass is 32.1. The van der Waals surface area contributed by atoms with Crippen molar-refractivity contribution in [3.05, 3.63) is 28.5 Å². The number of nitrogens with one attached hydrogen (secondary N) is 1. The highest BCUT2D eigenvalue weighted by Crippen LogP contribution is 2.39. The van der Waals surface area contributed by atoms with Gasteiger partial charge in [0.05, 0.1) is 10.6 Å². The van der Waals surface area contributed by atoms with E-state index in [0.717, 1.165) is 28.8 Å². The summed E-state index contributed by atoms with van der Waals surface area (Å²) < 4.78 is 5.92. The first-order chi connectivity index (χ1) is 11.1. The van der Waals surface area contributed by atoms with Crippen LogP contribution in [-0.4, -0.2) is 36.1 Å². The van der Waals surface area contributed by atoms with Crippen LogP contribution in [0.4, 0.5) is 0 Å². The Morgan fingerprint density at radius 2 is 2.09 bits per heavy atom. The fourth-order valence-electron chi connectivity index (χ4n) is 3.97. The van der Waals surface area contributed by atoms with E-state index in [1.54, 1.807) is 11.3 Å². The maximum absolute atomic E-state index is 5.92. The van der Waals surface area contributed by atoms with Crippen LogP contribution in [0.3, 0.4) is 0 Å². The van der Waals surface area contributed by atoms with Crippen molar-refractivity contribution in [2.45, 2.75) is 39.7 Å². The van der Waals surface area contributed by atoms with Crippen molar-refractivity contribution in [1.82, 2.24) is 15.2 Å². The number of aromatic nitrogens is 1. The van der Waals surface area contributed by atoms with Gasteiger partial charge in [0, 0.05) is 18.0 Å². The minimum Gasteiger partial charge on any atom is -0.440 e. The van der Waals surface area contributed by atoms with Crippen molar-refractivity contribution in [2.75, 3.05) is 26.2 Å². The molecule has 2 saturated heterocycles. The second-order valence-electron chi connectivity index (χ2n) is 7.14. The molecule has 4 rings (SSSR count). The third kappa shape index (κ3) is 3.10. The van der Waals surface area contributed by atoms with Crippen LogP contribution in [0.5, 0.6) is 0 Å². The first-order valence-corrected chi connectivity index (χ1v) is 9.41. The largest absolute Gasteiger partial charge is 0.440 e. The lowest BCUT2D eigenvalue weighted by Gasteiger charge is -2.33. The number of aryl methyl sites for hydroxylation is 2. The molecule has 2 fully saturated rings. The molecular formula is C18H25N3OS. The van der Waals surface area contributed by atoms with Gasteiger partial charge in [-0.25, -0.2) is 4.98 Å². The number of rotatable bonds is 3. The monoisotopic (exact) mass is 331 g/mol. The minimum atomic E-state index is 0.552. The van der Waals surface area contributed by atoms with E-state index in [4.69, 9.17) is 9.40 Å². The topological polar surface area (TPSA) is 41.3 Å². The summed E-state index contributed by atoms with van der Waals surface area (Å²) in [4.78, 5) is 9.78. The van der Waals surface area contributed by atoms with Crippen LogP contribution in [0.2, 0.25) is 0 Å². The van der Waals surface area contributed by atoms with E-state index in [1.807, 2.05) is 6.92 Å². The zero-order valence-electron chi connectivity index (χ0n) is 14.0. The fraction of sp³-hybridized carbons (Fsp3) is 0.611. The van der Waals surface area contributed by atoms with Gasteiger partial charge in [-0.05, 0) is 70.3 Å². The van der Waals surface area contributed by atoms with Gasteiger partial charge < -0.3 is 9.73 Å². The molecule has 0 unspecified atom stereocenters. The van der Waals surface area contributed by atoms with Gasteiger partial charge in [-0.15, -0.1) is 11.3 Å². The maximum Gasteiger partial charge on any atom is 0.236 e. The number of thiophene rings is 1. The van der Waals surface area contributed by atoms with Crippen molar-refractivity contribution < 1.29 is 4.42 Å². The van der Waals surface area contributed by atoms with Crippen LogP contribution in [0.25, 0.3) is 10.8 Å². The average Bonchev–Trinajstić information content (AvgIpc) is 3.22. The minimum absolute atomic E-state index is 0.552. The molecule has 5 heteroatoms. The zero-order chi connectivity index (χ0) is 15.9. The van der Waals surface area contributed by atoms with Crippen molar-refractivity contribution in [3.8, 4) is 10.8 Å². The molecule has 0 bridgehead atoms. The summed E-state index contributed by atoms with van der Waals surface area (Å²) in [5.74, 6) is 1.75. The summed E-state index contributed by atoms with van der Waals surface area (Å²) in [7, 11) is 0. The van der Waals surface area contributed by atoms with E-state index in [0.29, 0.717) is 5.41 Å². The summed E-state index contributed by atoms with van der Waals surface area (Å²) >= 11 is 1.75. The molecule has 2 aromatic heterocycles. The van der Waals surface area contributed by atoms with Crippen molar-refractivity contribution in [2.24, 2.45) is 5.41 Å². The van der Waals surface area contributed by atoms with E-state index >= 15 is 0 Å². The van der Waals surface area contributed by atoms with Crippen LogP contribution in [-0.2, 0) is 6.54 Å². The average molecular weight is 331 g/mol. The Kier molecular flexibility index (Phi) is 4.03. The zero-order valence-corrected chi connectivity index (χ0v) is 14.8. The molecule has 2 aromatic rings. The number of nitrogens with zero attached hydrogens (tertiary/aromatic N) is 2. The van der Waals surface area contributed by atoms with Gasteiger partial charge in [-0.1, -0.05) is 0 Å². The quantitative estimate of drug-likeness (QED) is 0.933. The molecule has 4 heterocycles. The van der Waals surface area contributed by atoms with Gasteiger partial charge in [0.2, 0.25) is 5.89 Å². The second kappa shape index (κ2) is 6.04. The number of piperidine rings is 1. The second-order valence-corrected chi connectivity index (χ2v) is 8.43. The van der Waals surface area contributed by atoms with Crippen LogP contribution in [0, 0.1) is 19.3 Å².